The smallest absolute Gasteiger partial charge is 0.378 e. The van der Waals surface area contributed by atoms with Gasteiger partial charge >= 0.3 is 16.7 Å². The SMILES string of the molecule is COC(=O)Cc1ccc(O)c(NC(=O)C(F)(F)Br)c1. The van der Waals surface area contributed by atoms with E-state index in [1.165, 1.54) is 25.3 Å². The highest BCUT2D eigenvalue weighted by atomic mass is 79.9. The Morgan fingerprint density at radius 2 is 2.11 bits per heavy atom. The second kappa shape index (κ2) is 5.96. The zero-order chi connectivity index (χ0) is 14.6. The fourth-order valence-corrected chi connectivity index (χ4v) is 1.32. The Balaban J connectivity index is 2.92. The van der Waals surface area contributed by atoms with Gasteiger partial charge in [0.25, 0.3) is 0 Å². The lowest BCUT2D eigenvalue weighted by Gasteiger charge is -2.11. The van der Waals surface area contributed by atoms with Crippen LogP contribution in [0.3, 0.4) is 0 Å². The Morgan fingerprint density at radius 3 is 2.63 bits per heavy atom. The predicted octanol–water partition coefficient (Wildman–Crippen LogP) is 2.03. The van der Waals surface area contributed by atoms with Crippen LogP contribution in [0.25, 0.3) is 0 Å². The number of hydrogen-bond donors (Lipinski definition) is 2. The molecule has 0 bridgehead atoms. The maximum absolute atomic E-state index is 12.6. The van der Waals surface area contributed by atoms with Gasteiger partial charge in [-0.2, -0.15) is 8.78 Å². The average molecular weight is 338 g/mol. The third kappa shape index (κ3) is 4.47. The normalized spacial score (nSPS) is 10.9. The van der Waals surface area contributed by atoms with E-state index in [0.717, 1.165) is 0 Å². The number of carbonyl (C=O) groups is 2. The molecule has 0 aliphatic rings. The van der Waals surface area contributed by atoms with E-state index >= 15 is 0 Å². The number of esters is 1. The fraction of sp³-hybridized carbons (Fsp3) is 0.273. The van der Waals surface area contributed by atoms with Crippen LogP contribution in [0.1, 0.15) is 5.56 Å². The van der Waals surface area contributed by atoms with Gasteiger partial charge in [0, 0.05) is 15.9 Å². The summed E-state index contributed by atoms with van der Waals surface area (Å²) >= 11 is 1.89. The molecule has 0 aliphatic carbocycles. The van der Waals surface area contributed by atoms with Gasteiger partial charge in [0.1, 0.15) is 5.75 Å². The molecule has 0 radical (unpaired) electrons. The minimum Gasteiger partial charge on any atom is -0.506 e. The lowest BCUT2D eigenvalue weighted by atomic mass is 10.1. The van der Waals surface area contributed by atoms with Crippen molar-refractivity contribution in [2.45, 2.75) is 11.3 Å². The monoisotopic (exact) mass is 337 g/mol. The number of halogens is 3. The molecule has 0 saturated heterocycles. The van der Waals surface area contributed by atoms with Crippen LogP contribution in [-0.4, -0.2) is 28.9 Å². The number of rotatable bonds is 4. The van der Waals surface area contributed by atoms with E-state index in [1.807, 2.05) is 21.2 Å². The summed E-state index contributed by atoms with van der Waals surface area (Å²) in [7, 11) is 1.21. The van der Waals surface area contributed by atoms with E-state index in [0.29, 0.717) is 5.56 Å². The summed E-state index contributed by atoms with van der Waals surface area (Å²) in [5.74, 6) is -2.55. The van der Waals surface area contributed by atoms with Gasteiger partial charge in [-0.25, -0.2) is 0 Å². The number of phenolic OH excluding ortho intramolecular Hbond substituents is 1. The van der Waals surface area contributed by atoms with Crippen molar-refractivity contribution < 1.29 is 28.2 Å². The van der Waals surface area contributed by atoms with Gasteiger partial charge in [-0.05, 0) is 17.7 Å². The highest BCUT2D eigenvalue weighted by Gasteiger charge is 2.35. The number of anilines is 1. The molecule has 0 atom stereocenters. The molecule has 2 N–H and O–H groups in total. The molecule has 5 nitrogen and oxygen atoms in total. The second-order valence-corrected chi connectivity index (χ2v) is 4.55. The minimum atomic E-state index is -3.75. The number of benzene rings is 1. The van der Waals surface area contributed by atoms with Crippen LogP contribution in [0, 0.1) is 0 Å². The van der Waals surface area contributed by atoms with Gasteiger partial charge in [0.2, 0.25) is 0 Å². The minimum absolute atomic E-state index is 0.107. The number of carbonyl (C=O) groups excluding carboxylic acids is 2. The zero-order valence-corrected chi connectivity index (χ0v) is 11.3. The van der Waals surface area contributed by atoms with Gasteiger partial charge in [-0.3, -0.25) is 9.59 Å². The first-order valence-electron chi connectivity index (χ1n) is 5.01. The van der Waals surface area contributed by atoms with Gasteiger partial charge in [-0.15, -0.1) is 0 Å². The molecular weight excluding hydrogens is 328 g/mol. The first-order valence-corrected chi connectivity index (χ1v) is 5.80. The fourth-order valence-electron chi connectivity index (χ4n) is 1.23. The Hall–Kier alpha value is -1.70. The number of alkyl halides is 3. The van der Waals surface area contributed by atoms with Crippen LogP contribution in [0.15, 0.2) is 18.2 Å². The summed E-state index contributed by atoms with van der Waals surface area (Å²) < 4.78 is 29.7. The van der Waals surface area contributed by atoms with E-state index < -0.39 is 22.5 Å². The Morgan fingerprint density at radius 1 is 1.47 bits per heavy atom. The molecule has 0 spiro atoms. The standard InChI is InChI=1S/C11H10BrF2NO4/c1-19-9(17)5-6-2-3-8(16)7(4-6)15-10(18)11(12,13)14/h2-4,16H,5H2,1H3,(H,15,18). The zero-order valence-electron chi connectivity index (χ0n) is 9.75. The van der Waals surface area contributed by atoms with Crippen molar-refractivity contribution in [2.75, 3.05) is 12.4 Å². The molecule has 0 aliphatic heterocycles. The van der Waals surface area contributed by atoms with Crippen LogP contribution in [0.5, 0.6) is 5.75 Å². The molecule has 0 unspecified atom stereocenters. The quantitative estimate of drug-likeness (QED) is 0.500. The second-order valence-electron chi connectivity index (χ2n) is 3.56. The van der Waals surface area contributed by atoms with E-state index in [1.54, 1.807) is 0 Å². The van der Waals surface area contributed by atoms with Crippen molar-refractivity contribution in [3.8, 4) is 5.75 Å². The molecule has 8 heteroatoms. The van der Waals surface area contributed by atoms with E-state index in [-0.39, 0.29) is 12.1 Å². The lowest BCUT2D eigenvalue weighted by Crippen LogP contribution is -2.28. The van der Waals surface area contributed by atoms with E-state index in [2.05, 4.69) is 4.74 Å². The number of amides is 1. The van der Waals surface area contributed by atoms with Crippen LogP contribution >= 0.6 is 15.9 Å². The molecular formula is C11H10BrF2NO4. The summed E-state index contributed by atoms with van der Waals surface area (Å²) in [4.78, 5) is 18.4. The first-order chi connectivity index (χ1) is 8.74. The number of methoxy groups -OCH3 is 1. The summed E-state index contributed by atoms with van der Waals surface area (Å²) in [6.45, 7) is 0. The maximum Gasteiger partial charge on any atom is 0.378 e. The molecule has 1 aromatic carbocycles. The summed E-state index contributed by atoms with van der Waals surface area (Å²) in [6, 6.07) is 3.80. The molecule has 0 heterocycles. The van der Waals surface area contributed by atoms with Gasteiger partial charge in [-0.1, -0.05) is 6.07 Å². The van der Waals surface area contributed by atoms with Crippen molar-refractivity contribution in [1.29, 1.82) is 0 Å². The van der Waals surface area contributed by atoms with Crippen LogP contribution < -0.4 is 5.32 Å². The number of nitrogens with one attached hydrogen (secondary N) is 1. The van der Waals surface area contributed by atoms with Gasteiger partial charge in [0.05, 0.1) is 19.2 Å². The van der Waals surface area contributed by atoms with Gasteiger partial charge in [0.15, 0.2) is 0 Å². The first kappa shape index (κ1) is 15.4. The number of aromatic hydroxyl groups is 1. The molecule has 0 fully saturated rings. The van der Waals surface area contributed by atoms with Crippen molar-refractivity contribution >= 4 is 33.5 Å². The lowest BCUT2D eigenvalue weighted by molar-refractivity contribution is -0.139. The largest absolute Gasteiger partial charge is 0.506 e. The number of ether oxygens (including phenoxy) is 1. The van der Waals surface area contributed by atoms with Crippen molar-refractivity contribution in [3.63, 3.8) is 0 Å². The maximum atomic E-state index is 12.6. The Kier molecular flexibility index (Phi) is 4.82. The summed E-state index contributed by atoms with van der Waals surface area (Å²) in [5, 5.41) is 11.3. The highest BCUT2D eigenvalue weighted by Crippen LogP contribution is 2.28. The van der Waals surface area contributed by atoms with E-state index in [4.69, 9.17) is 0 Å². The molecule has 1 rings (SSSR count). The van der Waals surface area contributed by atoms with Crippen LogP contribution in [-0.2, 0) is 20.7 Å². The average Bonchev–Trinajstić information content (AvgIpc) is 2.32. The molecule has 104 valence electrons. The highest BCUT2D eigenvalue weighted by molar-refractivity contribution is 9.10. The number of phenols is 1. The molecule has 1 aromatic rings. The molecule has 0 saturated carbocycles. The molecule has 0 aromatic heterocycles. The van der Waals surface area contributed by atoms with Crippen LogP contribution in [0.2, 0.25) is 0 Å². The van der Waals surface area contributed by atoms with Crippen LogP contribution in [0.4, 0.5) is 14.5 Å². The Labute approximate surface area is 115 Å². The van der Waals surface area contributed by atoms with Crippen molar-refractivity contribution in [2.24, 2.45) is 0 Å². The third-order valence-corrected chi connectivity index (χ3v) is 2.50. The Bertz CT molecular complexity index is 502. The third-order valence-electron chi connectivity index (χ3n) is 2.14. The molecule has 19 heavy (non-hydrogen) atoms. The van der Waals surface area contributed by atoms with E-state index in [9.17, 15) is 23.5 Å². The summed E-state index contributed by atoms with van der Waals surface area (Å²) in [6.07, 6.45) is -0.107. The van der Waals surface area contributed by atoms with Crippen molar-refractivity contribution in [3.05, 3.63) is 23.8 Å². The number of hydrogen-bond acceptors (Lipinski definition) is 4. The summed E-state index contributed by atoms with van der Waals surface area (Å²) in [5.41, 5.74) is 0.184. The molecule has 1 amide bonds. The van der Waals surface area contributed by atoms with Gasteiger partial charge < -0.3 is 15.2 Å². The topological polar surface area (TPSA) is 75.6 Å². The predicted molar refractivity (Wildman–Crippen MR) is 66.3 cm³/mol. The van der Waals surface area contributed by atoms with Crippen molar-refractivity contribution in [1.82, 2.24) is 0 Å².